The van der Waals surface area contributed by atoms with E-state index in [0.29, 0.717) is 5.75 Å². The Morgan fingerprint density at radius 2 is 1.80 bits per heavy atom. The van der Waals surface area contributed by atoms with E-state index >= 15 is 0 Å². The van der Waals surface area contributed by atoms with Gasteiger partial charge in [-0.15, -0.1) is 11.8 Å². The highest BCUT2D eigenvalue weighted by Crippen LogP contribution is 2.40. The predicted molar refractivity (Wildman–Crippen MR) is 68.4 cm³/mol. The molecule has 0 saturated heterocycles. The van der Waals surface area contributed by atoms with Crippen molar-refractivity contribution in [2.24, 2.45) is 15.8 Å². The van der Waals surface area contributed by atoms with Gasteiger partial charge in [-0.05, 0) is 5.41 Å². The van der Waals surface area contributed by atoms with Gasteiger partial charge in [0.15, 0.2) is 5.72 Å². The third kappa shape index (κ3) is 3.80. The maximum atomic E-state index is 10.4. The molecule has 1 heterocycles. The van der Waals surface area contributed by atoms with Gasteiger partial charge in [0.1, 0.15) is 0 Å². The summed E-state index contributed by atoms with van der Waals surface area (Å²) >= 11 is 1.70. The molecule has 1 atom stereocenters. The molecule has 1 rings (SSSR count). The van der Waals surface area contributed by atoms with Crippen LogP contribution in [0.15, 0.2) is 4.99 Å². The minimum absolute atomic E-state index is 0.0625. The van der Waals surface area contributed by atoms with Gasteiger partial charge in [0, 0.05) is 17.6 Å². The van der Waals surface area contributed by atoms with Gasteiger partial charge in [0.05, 0.1) is 5.04 Å². The molecule has 0 aromatic rings. The highest BCUT2D eigenvalue weighted by molar-refractivity contribution is 8.14. The lowest BCUT2D eigenvalue weighted by atomic mass is 9.87. The van der Waals surface area contributed by atoms with Crippen LogP contribution in [-0.4, -0.2) is 21.6 Å². The van der Waals surface area contributed by atoms with Crippen LogP contribution in [0.2, 0.25) is 0 Å². The standard InChI is InChI=1S/C12H23NOS/c1-10(2,3)7-12(14)8-15-9(13-12)11(4,5)6/h14H,7-8H2,1-6H3. The number of rotatable bonds is 1. The summed E-state index contributed by atoms with van der Waals surface area (Å²) in [6.07, 6.45) is 0.729. The van der Waals surface area contributed by atoms with Crippen molar-refractivity contribution < 1.29 is 5.11 Å². The van der Waals surface area contributed by atoms with Crippen molar-refractivity contribution in [2.75, 3.05) is 5.75 Å². The SMILES string of the molecule is CC(C)(C)CC1(O)CSC(C(C)(C)C)=N1. The lowest BCUT2D eigenvalue weighted by Crippen LogP contribution is -2.32. The predicted octanol–water partition coefficient (Wildman–Crippen LogP) is 3.30. The number of aliphatic hydroxyl groups is 1. The van der Waals surface area contributed by atoms with E-state index < -0.39 is 5.72 Å². The highest BCUT2D eigenvalue weighted by atomic mass is 32.2. The molecular formula is C12H23NOS. The Hall–Kier alpha value is -0.0200. The van der Waals surface area contributed by atoms with E-state index in [1.807, 2.05) is 0 Å². The Morgan fingerprint density at radius 1 is 1.27 bits per heavy atom. The van der Waals surface area contributed by atoms with Crippen molar-refractivity contribution in [3.63, 3.8) is 0 Å². The number of hydrogen-bond acceptors (Lipinski definition) is 3. The van der Waals surface area contributed by atoms with Crippen molar-refractivity contribution in [1.82, 2.24) is 0 Å². The maximum Gasteiger partial charge on any atom is 0.166 e. The van der Waals surface area contributed by atoms with Gasteiger partial charge in [0.25, 0.3) is 0 Å². The first-order valence-corrected chi connectivity index (χ1v) is 6.46. The van der Waals surface area contributed by atoms with Crippen LogP contribution in [-0.2, 0) is 0 Å². The topological polar surface area (TPSA) is 32.6 Å². The second-order valence-corrected chi connectivity index (χ2v) is 7.64. The van der Waals surface area contributed by atoms with E-state index in [2.05, 4.69) is 46.5 Å². The molecule has 0 radical (unpaired) electrons. The van der Waals surface area contributed by atoms with Gasteiger partial charge >= 0.3 is 0 Å². The fraction of sp³-hybridized carbons (Fsp3) is 0.917. The second-order valence-electron chi connectivity index (χ2n) is 6.68. The smallest absolute Gasteiger partial charge is 0.166 e. The van der Waals surface area contributed by atoms with Crippen LogP contribution in [0, 0.1) is 10.8 Å². The summed E-state index contributed by atoms with van der Waals surface area (Å²) in [5, 5.41) is 11.4. The molecule has 88 valence electrons. The van der Waals surface area contributed by atoms with Crippen LogP contribution in [0.25, 0.3) is 0 Å². The van der Waals surface area contributed by atoms with Crippen LogP contribution >= 0.6 is 11.8 Å². The summed E-state index contributed by atoms with van der Waals surface area (Å²) in [4.78, 5) is 4.51. The summed E-state index contributed by atoms with van der Waals surface area (Å²) in [5.74, 6) is 0.705. The minimum Gasteiger partial charge on any atom is -0.368 e. The largest absolute Gasteiger partial charge is 0.368 e. The molecule has 15 heavy (non-hydrogen) atoms. The average molecular weight is 229 g/mol. The Bertz CT molecular complexity index is 272. The Labute approximate surface area is 97.6 Å². The molecule has 0 bridgehead atoms. The van der Waals surface area contributed by atoms with Crippen LogP contribution in [0.1, 0.15) is 48.0 Å². The maximum absolute atomic E-state index is 10.4. The van der Waals surface area contributed by atoms with Gasteiger partial charge in [-0.25, -0.2) is 4.99 Å². The van der Waals surface area contributed by atoms with E-state index in [1.54, 1.807) is 11.8 Å². The van der Waals surface area contributed by atoms with Crippen molar-refractivity contribution in [3.8, 4) is 0 Å². The molecule has 0 aliphatic carbocycles. The molecule has 2 nitrogen and oxygen atoms in total. The van der Waals surface area contributed by atoms with E-state index in [0.717, 1.165) is 11.5 Å². The first-order chi connectivity index (χ1) is 6.52. The van der Waals surface area contributed by atoms with Gasteiger partial charge in [-0.1, -0.05) is 41.5 Å². The zero-order valence-corrected chi connectivity index (χ0v) is 11.5. The molecule has 0 saturated carbocycles. The lowest BCUT2D eigenvalue weighted by molar-refractivity contribution is 0.0343. The highest BCUT2D eigenvalue weighted by Gasteiger charge is 2.39. The summed E-state index contributed by atoms with van der Waals surface area (Å²) in [6.45, 7) is 12.8. The van der Waals surface area contributed by atoms with Crippen LogP contribution in [0.3, 0.4) is 0 Å². The Balaban J connectivity index is 2.79. The number of hydrogen-bond donors (Lipinski definition) is 1. The van der Waals surface area contributed by atoms with E-state index in [4.69, 9.17) is 0 Å². The van der Waals surface area contributed by atoms with Crippen LogP contribution in [0.4, 0.5) is 0 Å². The molecule has 1 N–H and O–H groups in total. The van der Waals surface area contributed by atoms with Gasteiger partial charge in [-0.2, -0.15) is 0 Å². The van der Waals surface area contributed by atoms with Crippen molar-refractivity contribution >= 4 is 16.8 Å². The molecule has 0 aromatic heterocycles. The van der Waals surface area contributed by atoms with Crippen molar-refractivity contribution in [1.29, 1.82) is 0 Å². The third-order valence-corrected chi connectivity index (χ3v) is 3.79. The molecule has 0 aromatic carbocycles. The Kier molecular flexibility index (Phi) is 3.28. The monoisotopic (exact) mass is 229 g/mol. The summed E-state index contributed by atoms with van der Waals surface area (Å²) in [7, 11) is 0. The fourth-order valence-corrected chi connectivity index (χ4v) is 2.96. The first-order valence-electron chi connectivity index (χ1n) is 5.47. The molecule has 1 unspecified atom stereocenters. The quantitative estimate of drug-likeness (QED) is 0.748. The number of nitrogens with zero attached hydrogens (tertiary/aromatic N) is 1. The number of thioether (sulfide) groups is 1. The fourth-order valence-electron chi connectivity index (χ4n) is 1.76. The molecular weight excluding hydrogens is 206 g/mol. The second kappa shape index (κ2) is 3.77. The molecule has 1 aliphatic rings. The zero-order chi connectivity index (χ0) is 11.9. The summed E-state index contributed by atoms with van der Waals surface area (Å²) < 4.78 is 0. The van der Waals surface area contributed by atoms with Gasteiger partial charge in [0.2, 0.25) is 0 Å². The average Bonchev–Trinajstić information content (AvgIpc) is 2.25. The van der Waals surface area contributed by atoms with E-state index in [9.17, 15) is 5.11 Å². The van der Waals surface area contributed by atoms with Gasteiger partial charge < -0.3 is 5.11 Å². The molecule has 0 spiro atoms. The van der Waals surface area contributed by atoms with Gasteiger partial charge in [-0.3, -0.25) is 0 Å². The molecule has 3 heteroatoms. The number of aliphatic imine (C=N–C) groups is 1. The molecule has 0 amide bonds. The van der Waals surface area contributed by atoms with Crippen molar-refractivity contribution in [3.05, 3.63) is 0 Å². The van der Waals surface area contributed by atoms with Crippen molar-refractivity contribution in [2.45, 2.75) is 53.7 Å². The third-order valence-electron chi connectivity index (χ3n) is 2.20. The van der Waals surface area contributed by atoms with E-state index in [1.165, 1.54) is 0 Å². The van der Waals surface area contributed by atoms with E-state index in [-0.39, 0.29) is 10.8 Å². The molecule has 1 aliphatic heterocycles. The van der Waals surface area contributed by atoms with Crippen LogP contribution in [0.5, 0.6) is 0 Å². The summed E-state index contributed by atoms with van der Waals surface area (Å²) in [6, 6.07) is 0. The lowest BCUT2D eigenvalue weighted by Gasteiger charge is -2.27. The van der Waals surface area contributed by atoms with Crippen LogP contribution < -0.4 is 0 Å². The normalized spacial score (nSPS) is 28.1. The summed E-state index contributed by atoms with van der Waals surface area (Å²) in [5.41, 5.74) is -0.662. The molecule has 0 fully saturated rings. The minimum atomic E-state index is -0.842. The Morgan fingerprint density at radius 3 is 2.13 bits per heavy atom. The zero-order valence-electron chi connectivity index (χ0n) is 10.7. The first kappa shape index (κ1) is 13.0.